The molecule has 0 fully saturated rings. The number of halogens is 3. The fourth-order valence-electron chi connectivity index (χ4n) is 1.95. The molecule has 0 bridgehead atoms. The number of carbonyl (C=O) groups is 1. The molecule has 1 aromatic heterocycles. The number of aromatic nitrogens is 1. The van der Waals surface area contributed by atoms with Gasteiger partial charge in [0.25, 0.3) is 11.5 Å². The van der Waals surface area contributed by atoms with Gasteiger partial charge in [-0.25, -0.2) is 4.39 Å². The molecule has 1 aromatic carbocycles. The van der Waals surface area contributed by atoms with E-state index in [1.165, 1.54) is 18.2 Å². The molecule has 0 spiro atoms. The summed E-state index contributed by atoms with van der Waals surface area (Å²) in [6.07, 6.45) is -0.671. The van der Waals surface area contributed by atoms with E-state index in [9.17, 15) is 14.0 Å². The van der Waals surface area contributed by atoms with Crippen molar-refractivity contribution in [1.29, 1.82) is 0 Å². The number of nitrogens with one attached hydrogen (secondary N) is 3. The van der Waals surface area contributed by atoms with Crippen LogP contribution in [0.2, 0.25) is 5.02 Å². The zero-order valence-electron chi connectivity index (χ0n) is 13.6. The van der Waals surface area contributed by atoms with Gasteiger partial charge in [0.05, 0.1) is 24.0 Å². The van der Waals surface area contributed by atoms with E-state index < -0.39 is 23.4 Å². The molecule has 7 nitrogen and oxygen atoms in total. The minimum absolute atomic E-state index is 0.00691. The fourth-order valence-corrected chi connectivity index (χ4v) is 2.56. The first-order chi connectivity index (χ1) is 12.3. The van der Waals surface area contributed by atoms with Gasteiger partial charge in [-0.3, -0.25) is 9.59 Å². The largest absolute Gasteiger partial charge is 0.391 e. The quantitative estimate of drug-likeness (QED) is 0.269. The number of aliphatic hydroxyl groups excluding tert-OH is 1. The van der Waals surface area contributed by atoms with Crippen LogP contribution in [-0.4, -0.2) is 35.4 Å². The summed E-state index contributed by atoms with van der Waals surface area (Å²) in [6.45, 7) is 1.44. The number of aliphatic hydroxyl groups is 1. The summed E-state index contributed by atoms with van der Waals surface area (Å²) in [5.74, 6) is -1.14. The number of benzene rings is 1. The van der Waals surface area contributed by atoms with Crippen molar-refractivity contribution in [2.24, 2.45) is 0 Å². The number of rotatable bonds is 7. The Kier molecular flexibility index (Phi) is 7.38. The van der Waals surface area contributed by atoms with Crippen LogP contribution < -0.4 is 16.2 Å². The van der Waals surface area contributed by atoms with E-state index in [1.54, 1.807) is 13.0 Å². The van der Waals surface area contributed by atoms with Crippen LogP contribution in [0.25, 0.3) is 0 Å². The molecule has 0 saturated heterocycles. The SMILES string of the molecule is CC(O)COCNC(=O)c1cc(Cl)c(=O)[nH]c1Nc1ccc(I)cc1F. The van der Waals surface area contributed by atoms with E-state index in [-0.39, 0.29) is 35.4 Å². The first-order valence-electron chi connectivity index (χ1n) is 7.47. The molecule has 0 aliphatic rings. The number of pyridine rings is 1. The van der Waals surface area contributed by atoms with Crippen molar-refractivity contribution in [2.45, 2.75) is 13.0 Å². The van der Waals surface area contributed by atoms with E-state index >= 15 is 0 Å². The van der Waals surface area contributed by atoms with Gasteiger partial charge in [0.1, 0.15) is 23.4 Å². The molecular weight excluding hydrogens is 480 g/mol. The molecule has 0 aliphatic heterocycles. The monoisotopic (exact) mass is 495 g/mol. The van der Waals surface area contributed by atoms with Crippen molar-refractivity contribution in [3.8, 4) is 0 Å². The number of ether oxygens (including phenoxy) is 1. The summed E-state index contributed by atoms with van der Waals surface area (Å²) in [7, 11) is 0. The maximum Gasteiger partial charge on any atom is 0.268 e. The Morgan fingerprint density at radius 1 is 1.46 bits per heavy atom. The Morgan fingerprint density at radius 2 is 2.19 bits per heavy atom. The molecule has 1 heterocycles. The maximum absolute atomic E-state index is 14.0. The Morgan fingerprint density at radius 3 is 2.85 bits per heavy atom. The number of H-pyrrole nitrogens is 1. The van der Waals surface area contributed by atoms with Crippen LogP contribution in [0.1, 0.15) is 17.3 Å². The van der Waals surface area contributed by atoms with Gasteiger partial charge >= 0.3 is 0 Å². The van der Waals surface area contributed by atoms with Gasteiger partial charge in [-0.2, -0.15) is 0 Å². The van der Waals surface area contributed by atoms with Crippen molar-refractivity contribution in [2.75, 3.05) is 18.7 Å². The zero-order valence-corrected chi connectivity index (χ0v) is 16.5. The van der Waals surface area contributed by atoms with Gasteiger partial charge in [-0.1, -0.05) is 11.6 Å². The standard InChI is InChI=1S/C16H16ClFIN3O4/c1-8(23)6-26-7-20-15(24)10-5-11(17)16(25)22-14(10)21-13-3-2-9(19)4-12(13)18/h2-5,8,23H,6-7H2,1H3,(H,20,24)(H2,21,22,25). The molecule has 4 N–H and O–H groups in total. The minimum atomic E-state index is -0.671. The minimum Gasteiger partial charge on any atom is -0.391 e. The smallest absolute Gasteiger partial charge is 0.268 e. The van der Waals surface area contributed by atoms with E-state index in [2.05, 4.69) is 15.6 Å². The number of hydrogen-bond donors (Lipinski definition) is 4. The van der Waals surface area contributed by atoms with Gasteiger partial charge in [0.2, 0.25) is 0 Å². The highest BCUT2D eigenvalue weighted by molar-refractivity contribution is 14.1. The highest BCUT2D eigenvalue weighted by Gasteiger charge is 2.16. The molecule has 1 amide bonds. The predicted octanol–water partition coefficient (Wildman–Crippen LogP) is 2.60. The average Bonchev–Trinajstić information content (AvgIpc) is 2.56. The third-order valence-electron chi connectivity index (χ3n) is 3.13. The predicted molar refractivity (Wildman–Crippen MR) is 104 cm³/mol. The van der Waals surface area contributed by atoms with Crippen molar-refractivity contribution in [3.05, 3.63) is 54.6 Å². The topological polar surface area (TPSA) is 103 Å². The van der Waals surface area contributed by atoms with Gasteiger partial charge in [-0.15, -0.1) is 0 Å². The second kappa shape index (κ2) is 9.31. The Bertz CT molecular complexity index is 860. The molecule has 140 valence electrons. The van der Waals surface area contributed by atoms with Crippen LogP contribution in [0, 0.1) is 9.39 Å². The molecule has 1 atom stereocenters. The lowest BCUT2D eigenvalue weighted by Gasteiger charge is -2.13. The van der Waals surface area contributed by atoms with Crippen molar-refractivity contribution >= 4 is 51.6 Å². The van der Waals surface area contributed by atoms with Crippen LogP contribution in [0.5, 0.6) is 0 Å². The Labute approximate surface area is 167 Å². The molecule has 0 aliphatic carbocycles. The second-order valence-corrected chi connectivity index (χ2v) is 7.01. The fraction of sp³-hybridized carbons (Fsp3) is 0.250. The van der Waals surface area contributed by atoms with E-state index in [0.717, 1.165) is 0 Å². The summed E-state index contributed by atoms with van der Waals surface area (Å²) in [4.78, 5) is 26.5. The first-order valence-corrected chi connectivity index (χ1v) is 8.92. The van der Waals surface area contributed by atoms with Gasteiger partial charge in [0.15, 0.2) is 0 Å². The lowest BCUT2D eigenvalue weighted by atomic mass is 10.2. The molecule has 2 rings (SSSR count). The molecule has 0 radical (unpaired) electrons. The van der Waals surface area contributed by atoms with Gasteiger partial charge < -0.3 is 25.5 Å². The van der Waals surface area contributed by atoms with E-state index in [1.807, 2.05) is 22.6 Å². The van der Waals surface area contributed by atoms with Crippen LogP contribution in [0.3, 0.4) is 0 Å². The summed E-state index contributed by atoms with van der Waals surface area (Å²) in [5.41, 5.74) is -0.530. The molecule has 1 unspecified atom stereocenters. The molecule has 10 heteroatoms. The molecule has 2 aromatic rings. The van der Waals surface area contributed by atoms with Crippen LogP contribution in [-0.2, 0) is 4.74 Å². The summed E-state index contributed by atoms with van der Waals surface area (Å²) in [6, 6.07) is 5.64. The normalized spacial score (nSPS) is 11.9. The summed E-state index contributed by atoms with van der Waals surface area (Å²) < 4.78 is 19.8. The molecule has 26 heavy (non-hydrogen) atoms. The Hall–Kier alpha value is -1.69. The van der Waals surface area contributed by atoms with Crippen LogP contribution in [0.4, 0.5) is 15.9 Å². The highest BCUT2D eigenvalue weighted by Crippen LogP contribution is 2.23. The summed E-state index contributed by atoms with van der Waals surface area (Å²) in [5, 5.41) is 14.1. The molecular formula is C16H16ClFIN3O4. The van der Waals surface area contributed by atoms with Gasteiger partial charge in [0, 0.05) is 3.57 Å². The Balaban J connectivity index is 2.24. The number of anilines is 2. The van der Waals surface area contributed by atoms with Gasteiger partial charge in [-0.05, 0) is 53.8 Å². The van der Waals surface area contributed by atoms with Crippen LogP contribution >= 0.6 is 34.2 Å². The van der Waals surface area contributed by atoms with E-state index in [4.69, 9.17) is 21.4 Å². The molecule has 0 saturated carbocycles. The van der Waals surface area contributed by atoms with Crippen molar-refractivity contribution in [1.82, 2.24) is 10.3 Å². The highest BCUT2D eigenvalue weighted by atomic mass is 127. The maximum atomic E-state index is 14.0. The first kappa shape index (κ1) is 20.6. The number of hydrogen-bond acceptors (Lipinski definition) is 5. The zero-order chi connectivity index (χ0) is 19.3. The number of amides is 1. The third-order valence-corrected chi connectivity index (χ3v) is 4.08. The number of carbonyl (C=O) groups excluding carboxylic acids is 1. The van der Waals surface area contributed by atoms with E-state index in [0.29, 0.717) is 3.57 Å². The summed E-state index contributed by atoms with van der Waals surface area (Å²) >= 11 is 7.76. The lowest BCUT2D eigenvalue weighted by Crippen LogP contribution is -2.29. The third kappa shape index (κ3) is 5.66. The number of aromatic amines is 1. The van der Waals surface area contributed by atoms with Crippen molar-refractivity contribution in [3.63, 3.8) is 0 Å². The average molecular weight is 496 g/mol. The lowest BCUT2D eigenvalue weighted by molar-refractivity contribution is 0.0356. The van der Waals surface area contributed by atoms with Crippen LogP contribution in [0.15, 0.2) is 29.1 Å². The second-order valence-electron chi connectivity index (χ2n) is 5.35. The van der Waals surface area contributed by atoms with Crippen molar-refractivity contribution < 1.29 is 19.0 Å².